The Bertz CT molecular complexity index is 499. The molecule has 0 saturated carbocycles. The van der Waals surface area contributed by atoms with Crippen LogP contribution in [0.2, 0.25) is 5.02 Å². The van der Waals surface area contributed by atoms with Crippen molar-refractivity contribution in [1.82, 2.24) is 4.98 Å². The van der Waals surface area contributed by atoms with Crippen molar-refractivity contribution in [2.24, 2.45) is 0 Å². The van der Waals surface area contributed by atoms with Gasteiger partial charge in [0.25, 0.3) is 0 Å². The average molecular weight is 239 g/mol. The van der Waals surface area contributed by atoms with Gasteiger partial charge in [-0.25, -0.2) is 0 Å². The molecule has 1 aromatic carbocycles. The van der Waals surface area contributed by atoms with Crippen LogP contribution in [-0.4, -0.2) is 11.2 Å². The Morgan fingerprint density at radius 2 is 2.27 bits per heavy atom. The van der Waals surface area contributed by atoms with Gasteiger partial charge in [-0.15, -0.1) is 0 Å². The van der Waals surface area contributed by atoms with Crippen molar-refractivity contribution >= 4 is 40.0 Å². The van der Waals surface area contributed by atoms with E-state index in [1.807, 2.05) is 24.5 Å². The minimum Gasteiger partial charge on any atom is -0.397 e. The first-order valence-corrected chi connectivity index (χ1v) is 6.31. The maximum Gasteiger partial charge on any atom is 0.0946 e. The van der Waals surface area contributed by atoms with E-state index < -0.39 is 0 Å². The predicted molar refractivity (Wildman–Crippen MR) is 68.4 cm³/mol. The van der Waals surface area contributed by atoms with Crippen LogP contribution in [0.5, 0.6) is 0 Å². The van der Waals surface area contributed by atoms with Crippen LogP contribution in [0.4, 0.5) is 5.69 Å². The molecule has 0 aliphatic carbocycles. The quantitative estimate of drug-likeness (QED) is 0.816. The molecule has 78 valence electrons. The first-order valence-electron chi connectivity index (χ1n) is 4.54. The summed E-state index contributed by atoms with van der Waals surface area (Å²) in [6, 6.07) is 5.68. The highest BCUT2D eigenvalue weighted by Gasteiger charge is 2.07. The number of halogens is 1. The zero-order valence-corrected chi connectivity index (χ0v) is 9.90. The van der Waals surface area contributed by atoms with Crippen LogP contribution in [-0.2, 0) is 5.75 Å². The number of aromatic nitrogens is 1. The van der Waals surface area contributed by atoms with Gasteiger partial charge in [-0.3, -0.25) is 4.98 Å². The highest BCUT2D eigenvalue weighted by atomic mass is 35.5. The third kappa shape index (κ3) is 1.90. The number of hydrogen-bond donors (Lipinski definition) is 1. The fourth-order valence-electron chi connectivity index (χ4n) is 1.51. The van der Waals surface area contributed by atoms with Gasteiger partial charge in [0.1, 0.15) is 0 Å². The summed E-state index contributed by atoms with van der Waals surface area (Å²) in [6.07, 6.45) is 3.84. The first-order chi connectivity index (χ1) is 7.24. The van der Waals surface area contributed by atoms with Crippen molar-refractivity contribution in [2.45, 2.75) is 5.75 Å². The number of hydrogen-bond acceptors (Lipinski definition) is 3. The Morgan fingerprint density at radius 1 is 1.47 bits per heavy atom. The van der Waals surface area contributed by atoms with Crippen LogP contribution >= 0.6 is 23.4 Å². The van der Waals surface area contributed by atoms with Crippen LogP contribution < -0.4 is 5.73 Å². The van der Waals surface area contributed by atoms with Gasteiger partial charge < -0.3 is 5.73 Å². The second kappa shape index (κ2) is 4.29. The monoisotopic (exact) mass is 238 g/mol. The molecule has 2 nitrogen and oxygen atoms in total. The van der Waals surface area contributed by atoms with Crippen LogP contribution in [0.3, 0.4) is 0 Å². The molecule has 15 heavy (non-hydrogen) atoms. The molecule has 0 aliphatic heterocycles. The van der Waals surface area contributed by atoms with E-state index >= 15 is 0 Å². The number of nitrogen functional groups attached to an aromatic ring is 1. The van der Waals surface area contributed by atoms with Crippen LogP contribution in [0.15, 0.2) is 24.4 Å². The number of benzene rings is 1. The lowest BCUT2D eigenvalue weighted by Gasteiger charge is -2.07. The summed E-state index contributed by atoms with van der Waals surface area (Å²) < 4.78 is 0. The van der Waals surface area contributed by atoms with E-state index in [4.69, 9.17) is 17.3 Å². The van der Waals surface area contributed by atoms with E-state index in [1.165, 1.54) is 0 Å². The van der Waals surface area contributed by atoms with Gasteiger partial charge in [0.15, 0.2) is 0 Å². The molecule has 0 bridgehead atoms. The summed E-state index contributed by atoms with van der Waals surface area (Å²) in [5, 5.41) is 1.70. The molecule has 0 saturated heterocycles. The summed E-state index contributed by atoms with van der Waals surface area (Å²) in [6.45, 7) is 0. The van der Waals surface area contributed by atoms with Gasteiger partial charge in [-0.1, -0.05) is 23.7 Å². The molecule has 0 atom stereocenters. The molecule has 2 rings (SSSR count). The zero-order chi connectivity index (χ0) is 10.8. The molecule has 2 N–H and O–H groups in total. The number of nitrogens with two attached hydrogens (primary N) is 1. The molecular formula is C11H11ClN2S. The molecule has 0 amide bonds. The molecule has 0 fully saturated rings. The van der Waals surface area contributed by atoms with E-state index in [9.17, 15) is 0 Å². The molecule has 4 heteroatoms. The van der Waals surface area contributed by atoms with Gasteiger partial charge in [0.05, 0.1) is 16.2 Å². The molecule has 1 aromatic heterocycles. The fraction of sp³-hybridized carbons (Fsp3) is 0.182. The minimum absolute atomic E-state index is 0.671. The number of nitrogens with zero attached hydrogens (tertiary/aromatic N) is 1. The largest absolute Gasteiger partial charge is 0.397 e. The van der Waals surface area contributed by atoms with Gasteiger partial charge in [-0.2, -0.15) is 11.8 Å². The van der Waals surface area contributed by atoms with Gasteiger partial charge in [0.2, 0.25) is 0 Å². The van der Waals surface area contributed by atoms with E-state index in [1.54, 1.807) is 18.0 Å². The number of fused-ring (bicyclic) bond motifs is 1. The lowest BCUT2D eigenvalue weighted by atomic mass is 10.1. The van der Waals surface area contributed by atoms with Crippen molar-refractivity contribution in [3.05, 3.63) is 35.0 Å². The van der Waals surface area contributed by atoms with Gasteiger partial charge in [0, 0.05) is 17.3 Å². The van der Waals surface area contributed by atoms with Crippen molar-refractivity contribution < 1.29 is 0 Å². The molecular weight excluding hydrogens is 228 g/mol. The van der Waals surface area contributed by atoms with E-state index in [0.29, 0.717) is 5.69 Å². The summed E-state index contributed by atoms with van der Waals surface area (Å²) in [5.41, 5.74) is 8.34. The normalized spacial score (nSPS) is 10.8. The van der Waals surface area contributed by atoms with Crippen LogP contribution in [0.1, 0.15) is 5.56 Å². The Hall–Kier alpha value is -0.930. The smallest absolute Gasteiger partial charge is 0.0946 e. The average Bonchev–Trinajstić information content (AvgIpc) is 2.23. The number of anilines is 1. The second-order valence-corrected chi connectivity index (χ2v) is 4.52. The predicted octanol–water partition coefficient (Wildman–Crippen LogP) is 3.33. The molecule has 0 aliphatic rings. The van der Waals surface area contributed by atoms with Gasteiger partial charge >= 0.3 is 0 Å². The number of rotatable bonds is 2. The Balaban J connectivity index is 2.68. The molecule has 1 heterocycles. The lowest BCUT2D eigenvalue weighted by molar-refractivity contribution is 1.31. The number of thioether (sulfide) groups is 1. The summed E-state index contributed by atoms with van der Waals surface area (Å²) in [5.74, 6) is 0.872. The van der Waals surface area contributed by atoms with E-state index in [-0.39, 0.29) is 0 Å². The summed E-state index contributed by atoms with van der Waals surface area (Å²) in [7, 11) is 0. The highest BCUT2D eigenvalue weighted by molar-refractivity contribution is 7.97. The number of pyridine rings is 1. The van der Waals surface area contributed by atoms with Gasteiger partial charge in [-0.05, 0) is 17.9 Å². The van der Waals surface area contributed by atoms with Crippen molar-refractivity contribution in [2.75, 3.05) is 12.0 Å². The Labute approximate surface area is 97.8 Å². The maximum absolute atomic E-state index is 6.28. The Kier molecular flexibility index (Phi) is 3.03. The van der Waals surface area contributed by atoms with Crippen LogP contribution in [0.25, 0.3) is 10.9 Å². The topological polar surface area (TPSA) is 38.9 Å². The first kappa shape index (κ1) is 10.6. The highest BCUT2D eigenvalue weighted by Crippen LogP contribution is 2.30. The zero-order valence-electron chi connectivity index (χ0n) is 8.33. The maximum atomic E-state index is 6.28. The SMILES string of the molecule is CSCc1cnc2c(N)cccc2c1Cl. The van der Waals surface area contributed by atoms with Crippen molar-refractivity contribution in [1.29, 1.82) is 0 Å². The Morgan fingerprint density at radius 3 is 3.00 bits per heavy atom. The molecule has 0 radical (unpaired) electrons. The third-order valence-corrected chi connectivity index (χ3v) is 3.28. The molecule has 0 unspecified atom stereocenters. The summed E-state index contributed by atoms with van der Waals surface area (Å²) >= 11 is 8.01. The molecule has 2 aromatic rings. The standard InChI is InChI=1S/C11H11ClN2S/c1-15-6-7-5-14-11-8(10(7)12)3-2-4-9(11)13/h2-5H,6,13H2,1H3. The summed E-state index contributed by atoms with van der Waals surface area (Å²) in [4.78, 5) is 4.34. The van der Waals surface area contributed by atoms with Crippen LogP contribution in [0, 0.1) is 0 Å². The molecule has 0 spiro atoms. The van der Waals surface area contributed by atoms with Crippen molar-refractivity contribution in [3.63, 3.8) is 0 Å². The lowest BCUT2D eigenvalue weighted by Crippen LogP contribution is -1.92. The van der Waals surface area contributed by atoms with E-state index in [2.05, 4.69) is 4.98 Å². The third-order valence-electron chi connectivity index (χ3n) is 2.23. The number of para-hydroxylation sites is 1. The van der Waals surface area contributed by atoms with E-state index in [0.717, 1.165) is 27.2 Å². The minimum atomic E-state index is 0.671. The van der Waals surface area contributed by atoms with Crippen molar-refractivity contribution in [3.8, 4) is 0 Å². The fourth-order valence-corrected chi connectivity index (χ4v) is 2.39. The second-order valence-electron chi connectivity index (χ2n) is 3.27.